The molecule has 2 unspecified atom stereocenters. The zero-order valence-electron chi connectivity index (χ0n) is 16.1. The van der Waals surface area contributed by atoms with Gasteiger partial charge >= 0.3 is 0 Å². The highest BCUT2D eigenvalue weighted by Crippen LogP contribution is 2.58. The molecular formula is C19H27Cl2N5O2. The zero-order chi connectivity index (χ0) is 18.1. The Kier molecular flexibility index (Phi) is 7.42. The first kappa shape index (κ1) is 22.6. The summed E-state index contributed by atoms with van der Waals surface area (Å²) in [7, 11) is 0. The van der Waals surface area contributed by atoms with Crippen LogP contribution in [0.4, 0.5) is 0 Å². The van der Waals surface area contributed by atoms with E-state index in [0.717, 1.165) is 37.9 Å². The van der Waals surface area contributed by atoms with Crippen molar-refractivity contribution in [1.82, 2.24) is 25.8 Å². The minimum Gasteiger partial charge on any atom is -0.344 e. The number of aromatic nitrogens is 3. The molecule has 1 amide bonds. The second-order valence-electron chi connectivity index (χ2n) is 7.79. The molecule has 2 fully saturated rings. The van der Waals surface area contributed by atoms with Crippen LogP contribution in [0.1, 0.15) is 45.0 Å². The highest BCUT2D eigenvalue weighted by Gasteiger charge is 2.57. The third-order valence-corrected chi connectivity index (χ3v) is 5.72. The summed E-state index contributed by atoms with van der Waals surface area (Å²) in [6, 6.07) is 3.40. The van der Waals surface area contributed by atoms with Crippen molar-refractivity contribution in [2.45, 2.75) is 39.2 Å². The van der Waals surface area contributed by atoms with Crippen LogP contribution in [0.2, 0.25) is 0 Å². The largest absolute Gasteiger partial charge is 0.344 e. The fraction of sp³-hybridized carbons (Fsp3) is 0.579. The third-order valence-electron chi connectivity index (χ3n) is 5.72. The van der Waals surface area contributed by atoms with Crippen molar-refractivity contribution in [3.63, 3.8) is 0 Å². The van der Waals surface area contributed by atoms with Gasteiger partial charge in [0, 0.05) is 23.9 Å². The molecule has 28 heavy (non-hydrogen) atoms. The average Bonchev–Trinajstić information content (AvgIpc) is 3.13. The number of rotatable bonds is 5. The topological polar surface area (TPSA) is 92.9 Å². The molecule has 1 saturated carbocycles. The van der Waals surface area contributed by atoms with Crippen LogP contribution >= 0.6 is 24.8 Å². The summed E-state index contributed by atoms with van der Waals surface area (Å²) in [4.78, 5) is 21.3. The van der Waals surface area contributed by atoms with E-state index < -0.39 is 0 Å². The SMILES string of the molecule is CC(C)C(NC(=O)C1CC12CCNCC2)c1nc(-c2ccncc2)no1.Cl.Cl. The molecule has 1 aliphatic carbocycles. The summed E-state index contributed by atoms with van der Waals surface area (Å²) in [6.45, 7) is 6.12. The predicted octanol–water partition coefficient (Wildman–Crippen LogP) is 3.18. The smallest absolute Gasteiger partial charge is 0.249 e. The minimum absolute atomic E-state index is 0. The second-order valence-corrected chi connectivity index (χ2v) is 7.79. The van der Waals surface area contributed by atoms with Crippen LogP contribution in [0.5, 0.6) is 0 Å². The van der Waals surface area contributed by atoms with Crippen molar-refractivity contribution in [1.29, 1.82) is 0 Å². The number of hydrogen-bond donors (Lipinski definition) is 2. The van der Waals surface area contributed by atoms with Gasteiger partial charge in [0.15, 0.2) is 0 Å². The Morgan fingerprint density at radius 2 is 1.93 bits per heavy atom. The maximum Gasteiger partial charge on any atom is 0.249 e. The van der Waals surface area contributed by atoms with E-state index in [-0.39, 0.29) is 54.0 Å². The molecule has 0 bridgehead atoms. The summed E-state index contributed by atoms with van der Waals surface area (Å²) < 4.78 is 5.47. The lowest BCUT2D eigenvalue weighted by Gasteiger charge is -2.24. The number of piperidine rings is 1. The maximum atomic E-state index is 12.8. The maximum absolute atomic E-state index is 12.8. The van der Waals surface area contributed by atoms with E-state index in [4.69, 9.17) is 4.52 Å². The van der Waals surface area contributed by atoms with Gasteiger partial charge in [-0.15, -0.1) is 24.8 Å². The molecule has 1 aliphatic heterocycles. The van der Waals surface area contributed by atoms with E-state index in [9.17, 15) is 4.79 Å². The van der Waals surface area contributed by atoms with Crippen molar-refractivity contribution in [2.75, 3.05) is 13.1 Å². The number of halogens is 2. The van der Waals surface area contributed by atoms with E-state index in [0.29, 0.717) is 11.7 Å². The highest BCUT2D eigenvalue weighted by molar-refractivity contribution is 5.85. The van der Waals surface area contributed by atoms with E-state index >= 15 is 0 Å². The van der Waals surface area contributed by atoms with E-state index in [1.54, 1.807) is 12.4 Å². The summed E-state index contributed by atoms with van der Waals surface area (Å²) in [5.74, 6) is 1.37. The normalized spacial score (nSPS) is 20.8. The van der Waals surface area contributed by atoms with E-state index in [1.165, 1.54) is 0 Å². The number of carbonyl (C=O) groups excluding carboxylic acids is 1. The van der Waals surface area contributed by atoms with Crippen LogP contribution in [-0.2, 0) is 4.79 Å². The lowest BCUT2D eigenvalue weighted by molar-refractivity contribution is -0.124. The fourth-order valence-corrected chi connectivity index (χ4v) is 3.94. The van der Waals surface area contributed by atoms with Crippen LogP contribution in [0.3, 0.4) is 0 Å². The van der Waals surface area contributed by atoms with Gasteiger partial charge in [-0.25, -0.2) is 0 Å². The van der Waals surface area contributed by atoms with Crippen molar-refractivity contribution in [3.8, 4) is 11.4 Å². The Hall–Kier alpha value is -1.70. The van der Waals surface area contributed by atoms with Gasteiger partial charge < -0.3 is 15.2 Å². The second kappa shape index (κ2) is 9.20. The van der Waals surface area contributed by atoms with Crippen molar-refractivity contribution in [2.24, 2.45) is 17.3 Å². The van der Waals surface area contributed by atoms with Gasteiger partial charge in [0.1, 0.15) is 6.04 Å². The molecule has 3 heterocycles. The minimum atomic E-state index is -0.273. The Morgan fingerprint density at radius 3 is 2.57 bits per heavy atom. The van der Waals surface area contributed by atoms with Crippen molar-refractivity contribution < 1.29 is 9.32 Å². The first-order valence-electron chi connectivity index (χ1n) is 9.34. The van der Waals surface area contributed by atoms with Crippen LogP contribution in [0, 0.1) is 17.3 Å². The van der Waals surface area contributed by atoms with Gasteiger partial charge in [-0.3, -0.25) is 9.78 Å². The van der Waals surface area contributed by atoms with Crippen LogP contribution in [0.25, 0.3) is 11.4 Å². The predicted molar refractivity (Wildman–Crippen MR) is 110 cm³/mol. The van der Waals surface area contributed by atoms with Gasteiger partial charge in [0.25, 0.3) is 0 Å². The first-order valence-corrected chi connectivity index (χ1v) is 9.34. The number of carbonyl (C=O) groups is 1. The van der Waals surface area contributed by atoms with E-state index in [2.05, 4.69) is 39.6 Å². The molecule has 9 heteroatoms. The fourth-order valence-electron chi connectivity index (χ4n) is 3.94. The molecule has 0 aromatic carbocycles. The molecule has 1 saturated heterocycles. The van der Waals surface area contributed by atoms with Crippen molar-refractivity contribution in [3.05, 3.63) is 30.4 Å². The van der Waals surface area contributed by atoms with Crippen LogP contribution in [-0.4, -0.2) is 34.1 Å². The lowest BCUT2D eigenvalue weighted by Crippen LogP contribution is -2.36. The standard InChI is InChI=1S/C19H25N5O2.2ClH/c1-12(2)15(18-23-16(24-26-18)13-3-7-20-8-4-13)22-17(25)14-11-19(14)5-9-21-10-6-19;;/h3-4,7-8,12,14-15,21H,5-6,9-11H2,1-2H3,(H,22,25);2*1H. The Bertz CT molecular complexity index is 778. The van der Waals surface area contributed by atoms with Crippen LogP contribution in [0.15, 0.2) is 29.0 Å². The Balaban J connectivity index is 0.00000140. The Labute approximate surface area is 177 Å². The average molecular weight is 428 g/mol. The molecule has 0 radical (unpaired) electrons. The van der Waals surface area contributed by atoms with E-state index in [1.807, 2.05) is 12.1 Å². The summed E-state index contributed by atoms with van der Waals surface area (Å²) in [5, 5.41) is 10.6. The first-order chi connectivity index (χ1) is 12.6. The van der Waals surface area contributed by atoms with Gasteiger partial charge in [-0.2, -0.15) is 4.98 Å². The molecule has 154 valence electrons. The number of pyridine rings is 1. The van der Waals surface area contributed by atoms with Crippen LogP contribution < -0.4 is 10.6 Å². The number of nitrogens with zero attached hydrogens (tertiary/aromatic N) is 3. The molecule has 2 atom stereocenters. The molecule has 1 spiro atoms. The lowest BCUT2D eigenvalue weighted by atomic mass is 9.91. The summed E-state index contributed by atoms with van der Waals surface area (Å²) >= 11 is 0. The molecule has 2 aromatic heterocycles. The summed E-state index contributed by atoms with van der Waals surface area (Å²) in [5.41, 5.74) is 1.06. The molecule has 7 nitrogen and oxygen atoms in total. The number of hydrogen-bond acceptors (Lipinski definition) is 6. The Morgan fingerprint density at radius 1 is 1.25 bits per heavy atom. The summed E-state index contributed by atoms with van der Waals surface area (Å²) in [6.07, 6.45) is 6.56. The molecule has 2 aromatic rings. The zero-order valence-corrected chi connectivity index (χ0v) is 17.7. The molecule has 4 rings (SSSR count). The molecule has 2 N–H and O–H groups in total. The van der Waals surface area contributed by atoms with Gasteiger partial charge in [0.05, 0.1) is 0 Å². The van der Waals surface area contributed by atoms with Gasteiger partial charge in [-0.1, -0.05) is 19.0 Å². The molecular weight excluding hydrogens is 401 g/mol. The van der Waals surface area contributed by atoms with Gasteiger partial charge in [0.2, 0.25) is 17.6 Å². The van der Waals surface area contributed by atoms with Gasteiger partial charge in [-0.05, 0) is 55.8 Å². The van der Waals surface area contributed by atoms with Crippen molar-refractivity contribution >= 4 is 30.7 Å². The highest BCUT2D eigenvalue weighted by atomic mass is 35.5. The number of nitrogens with one attached hydrogen (secondary N) is 2. The molecule has 2 aliphatic rings. The monoisotopic (exact) mass is 427 g/mol. The number of amides is 1. The third kappa shape index (κ3) is 4.47. The quantitative estimate of drug-likeness (QED) is 0.760.